The first-order chi connectivity index (χ1) is 18.3. The maximum atomic E-state index is 13.9. The molecule has 0 bridgehead atoms. The molecule has 2 amide bonds. The highest BCUT2D eigenvalue weighted by molar-refractivity contribution is 6.08. The van der Waals surface area contributed by atoms with Gasteiger partial charge in [-0.3, -0.25) is 9.59 Å². The average Bonchev–Trinajstić information content (AvgIpc) is 2.95. The molecule has 200 valence electrons. The molecule has 0 radical (unpaired) electrons. The number of amides is 2. The molecule has 38 heavy (non-hydrogen) atoms. The minimum Gasteiger partial charge on any atom is -0.465 e. The fourth-order valence-corrected chi connectivity index (χ4v) is 6.29. The molecule has 5 rings (SSSR count). The first-order valence-electron chi connectivity index (χ1n) is 13.1. The van der Waals surface area contributed by atoms with Crippen molar-refractivity contribution in [1.29, 1.82) is 0 Å². The summed E-state index contributed by atoms with van der Waals surface area (Å²) in [5.74, 6) is -1.80. The largest absolute Gasteiger partial charge is 0.465 e. The maximum Gasteiger partial charge on any atom is 0.339 e. The number of carbonyl (C=O) groups excluding carboxylic acids is 4. The highest BCUT2D eigenvalue weighted by atomic mass is 16.5. The third-order valence-electron chi connectivity index (χ3n) is 8.14. The zero-order valence-electron chi connectivity index (χ0n) is 21.9. The molecule has 4 atom stereocenters. The SMILES string of the molecule is COC(=O)c1cc(C(=O)N[C@H](C)c2ccccc2)c2c(c1C(=O)OC)CCN1C(=O)[C@@H]3CCCN[C@@H]3C[C@@H]21. The first-order valence-corrected chi connectivity index (χ1v) is 13.1. The van der Waals surface area contributed by atoms with E-state index in [0.717, 1.165) is 24.9 Å². The number of fused-ring (bicyclic) bond motifs is 4. The normalized spacial score (nSPS) is 22.9. The van der Waals surface area contributed by atoms with Gasteiger partial charge in [0.15, 0.2) is 0 Å². The number of hydrogen-bond acceptors (Lipinski definition) is 7. The smallest absolute Gasteiger partial charge is 0.339 e. The Kier molecular flexibility index (Phi) is 7.21. The van der Waals surface area contributed by atoms with Crippen molar-refractivity contribution in [3.05, 3.63) is 69.8 Å². The fraction of sp³-hybridized carbons (Fsp3) is 0.448. The lowest BCUT2D eigenvalue weighted by atomic mass is 9.74. The second-order valence-electron chi connectivity index (χ2n) is 10.2. The van der Waals surface area contributed by atoms with Crippen molar-refractivity contribution >= 4 is 23.8 Å². The molecule has 3 aliphatic heterocycles. The van der Waals surface area contributed by atoms with Crippen molar-refractivity contribution in [2.24, 2.45) is 5.92 Å². The van der Waals surface area contributed by atoms with Crippen LogP contribution in [-0.2, 0) is 20.7 Å². The van der Waals surface area contributed by atoms with Gasteiger partial charge in [-0.15, -0.1) is 0 Å². The van der Waals surface area contributed by atoms with Crippen molar-refractivity contribution in [2.45, 2.75) is 50.7 Å². The maximum absolute atomic E-state index is 13.9. The molecule has 3 aliphatic rings. The molecule has 2 fully saturated rings. The predicted molar refractivity (Wildman–Crippen MR) is 139 cm³/mol. The van der Waals surface area contributed by atoms with E-state index in [2.05, 4.69) is 10.6 Å². The number of hydrogen-bond donors (Lipinski definition) is 2. The minimum absolute atomic E-state index is 0.00976. The molecular formula is C29H33N3O6. The fourth-order valence-electron chi connectivity index (χ4n) is 6.29. The van der Waals surface area contributed by atoms with Crippen LogP contribution in [0.15, 0.2) is 36.4 Å². The Morgan fingerprint density at radius 1 is 1.08 bits per heavy atom. The third-order valence-corrected chi connectivity index (χ3v) is 8.14. The van der Waals surface area contributed by atoms with Crippen LogP contribution in [0.25, 0.3) is 0 Å². The Hall–Kier alpha value is -3.72. The predicted octanol–water partition coefficient (Wildman–Crippen LogP) is 2.95. The van der Waals surface area contributed by atoms with E-state index < -0.39 is 18.0 Å². The van der Waals surface area contributed by atoms with Crippen molar-refractivity contribution in [2.75, 3.05) is 27.3 Å². The van der Waals surface area contributed by atoms with Gasteiger partial charge >= 0.3 is 11.9 Å². The van der Waals surface area contributed by atoms with Crippen LogP contribution in [0.2, 0.25) is 0 Å². The highest BCUT2D eigenvalue weighted by Crippen LogP contribution is 2.44. The van der Waals surface area contributed by atoms with Gasteiger partial charge in [0.1, 0.15) is 0 Å². The quantitative estimate of drug-likeness (QED) is 0.584. The van der Waals surface area contributed by atoms with Gasteiger partial charge in [-0.25, -0.2) is 9.59 Å². The second-order valence-corrected chi connectivity index (χ2v) is 10.2. The van der Waals surface area contributed by atoms with E-state index in [-0.39, 0.29) is 46.5 Å². The molecule has 2 N–H and O–H groups in total. The molecule has 9 nitrogen and oxygen atoms in total. The van der Waals surface area contributed by atoms with Gasteiger partial charge in [0.25, 0.3) is 5.91 Å². The van der Waals surface area contributed by atoms with Gasteiger partial charge in [-0.1, -0.05) is 30.3 Å². The number of methoxy groups -OCH3 is 2. The standard InChI is InChI=1S/C29H33N3O6/c1-16(17-8-5-4-6-9-17)31-26(33)20-14-21(28(35)37-2)25(29(36)38-3)19-11-13-32-23(24(19)20)15-22-18(27(32)34)10-7-12-30-22/h4-6,8-9,14,16,18,22-23,30H,7,10-13,15H2,1-3H3,(H,31,33)/t16-,18-,22-,23+/m1/s1. The summed E-state index contributed by atoms with van der Waals surface area (Å²) in [5.41, 5.74) is 2.47. The van der Waals surface area contributed by atoms with E-state index in [0.29, 0.717) is 30.5 Å². The molecule has 3 heterocycles. The molecule has 0 aliphatic carbocycles. The summed E-state index contributed by atoms with van der Waals surface area (Å²) in [4.78, 5) is 55.1. The lowest BCUT2D eigenvalue weighted by Crippen LogP contribution is -2.58. The van der Waals surface area contributed by atoms with Gasteiger partial charge < -0.3 is 25.0 Å². The highest BCUT2D eigenvalue weighted by Gasteiger charge is 2.47. The van der Waals surface area contributed by atoms with E-state index in [4.69, 9.17) is 9.47 Å². The third kappa shape index (κ3) is 4.45. The van der Waals surface area contributed by atoms with E-state index in [9.17, 15) is 19.2 Å². The van der Waals surface area contributed by atoms with E-state index in [1.165, 1.54) is 20.3 Å². The summed E-state index contributed by atoms with van der Waals surface area (Å²) >= 11 is 0. The number of ether oxygens (including phenoxy) is 2. The number of esters is 2. The number of nitrogens with zero attached hydrogens (tertiary/aromatic N) is 1. The minimum atomic E-state index is -0.727. The molecule has 9 heteroatoms. The zero-order chi connectivity index (χ0) is 27.0. The Morgan fingerprint density at radius 3 is 2.53 bits per heavy atom. The molecule has 0 aromatic heterocycles. The molecule has 2 saturated heterocycles. The molecule has 2 aromatic carbocycles. The summed E-state index contributed by atoms with van der Waals surface area (Å²) in [6.07, 6.45) is 2.73. The molecule has 0 spiro atoms. The summed E-state index contributed by atoms with van der Waals surface area (Å²) in [5, 5.41) is 6.54. The number of rotatable bonds is 5. The van der Waals surface area contributed by atoms with Gasteiger partial charge in [-0.05, 0) is 61.9 Å². The monoisotopic (exact) mass is 519 g/mol. The van der Waals surface area contributed by atoms with E-state index in [1.54, 1.807) is 0 Å². The average molecular weight is 520 g/mol. The van der Waals surface area contributed by atoms with E-state index in [1.807, 2.05) is 42.2 Å². The molecule has 0 saturated carbocycles. The first kappa shape index (κ1) is 25.9. The number of piperidine rings is 2. The van der Waals surface area contributed by atoms with E-state index >= 15 is 0 Å². The van der Waals surface area contributed by atoms with Crippen molar-refractivity contribution < 1.29 is 28.7 Å². The summed E-state index contributed by atoms with van der Waals surface area (Å²) < 4.78 is 10.1. The van der Waals surface area contributed by atoms with Crippen molar-refractivity contribution in [3.8, 4) is 0 Å². The lowest BCUT2D eigenvalue weighted by molar-refractivity contribution is -0.145. The number of nitrogens with one attached hydrogen (secondary N) is 2. The second kappa shape index (κ2) is 10.6. The zero-order valence-corrected chi connectivity index (χ0v) is 21.9. The van der Waals surface area contributed by atoms with Crippen LogP contribution in [-0.4, -0.2) is 62.0 Å². The van der Waals surface area contributed by atoms with Crippen LogP contribution in [0, 0.1) is 5.92 Å². The topological polar surface area (TPSA) is 114 Å². The Morgan fingerprint density at radius 2 is 1.82 bits per heavy atom. The summed E-state index contributed by atoms with van der Waals surface area (Å²) in [7, 11) is 2.49. The molecular weight excluding hydrogens is 486 g/mol. The van der Waals surface area contributed by atoms with Gasteiger partial charge in [0.05, 0.1) is 43.3 Å². The van der Waals surface area contributed by atoms with Gasteiger partial charge in [-0.2, -0.15) is 0 Å². The Labute approximate surface area is 221 Å². The van der Waals surface area contributed by atoms with Crippen LogP contribution in [0.3, 0.4) is 0 Å². The van der Waals surface area contributed by atoms with Crippen LogP contribution in [0.5, 0.6) is 0 Å². The van der Waals surface area contributed by atoms with Crippen molar-refractivity contribution in [1.82, 2.24) is 15.5 Å². The summed E-state index contributed by atoms with van der Waals surface area (Å²) in [6, 6.07) is 10.3. The van der Waals surface area contributed by atoms with Crippen LogP contribution in [0.4, 0.5) is 0 Å². The van der Waals surface area contributed by atoms with Crippen molar-refractivity contribution in [3.63, 3.8) is 0 Å². The lowest BCUT2D eigenvalue weighted by Gasteiger charge is -2.49. The van der Waals surface area contributed by atoms with Gasteiger partial charge in [0.2, 0.25) is 5.91 Å². The Balaban J connectivity index is 1.65. The number of carbonyl (C=O) groups is 4. The van der Waals surface area contributed by atoms with Crippen LogP contribution < -0.4 is 10.6 Å². The van der Waals surface area contributed by atoms with Crippen LogP contribution in [0.1, 0.15) is 86.0 Å². The van der Waals surface area contributed by atoms with Crippen LogP contribution >= 0.6 is 0 Å². The molecule has 2 aromatic rings. The molecule has 0 unspecified atom stereocenters. The number of benzene rings is 2. The Bertz CT molecular complexity index is 1280. The van der Waals surface area contributed by atoms with Gasteiger partial charge in [0, 0.05) is 18.2 Å². The summed E-state index contributed by atoms with van der Waals surface area (Å²) in [6.45, 7) is 3.12.